The maximum Gasteiger partial charge on any atom is 0.256 e. The third-order valence-electron chi connectivity index (χ3n) is 6.17. The Bertz CT molecular complexity index is 1470. The van der Waals surface area contributed by atoms with E-state index in [4.69, 9.17) is 20.2 Å². The molecule has 1 aliphatic rings. The van der Waals surface area contributed by atoms with Crippen LogP contribution in [0.3, 0.4) is 0 Å². The minimum atomic E-state index is -0.435. The number of nitrogens with one attached hydrogen (secondary N) is 1. The van der Waals surface area contributed by atoms with E-state index in [1.165, 1.54) is 6.08 Å². The van der Waals surface area contributed by atoms with E-state index >= 15 is 0 Å². The van der Waals surface area contributed by atoms with Crippen LogP contribution in [-0.2, 0) is 14.3 Å². The molecule has 1 aliphatic heterocycles. The zero-order chi connectivity index (χ0) is 26.5. The molecule has 4 aromatic rings. The normalized spacial score (nSPS) is 15.7. The Morgan fingerprint density at radius 1 is 1.18 bits per heavy atom. The van der Waals surface area contributed by atoms with Crippen LogP contribution in [0.4, 0.5) is 11.6 Å². The maximum atomic E-state index is 13.0. The van der Waals surface area contributed by atoms with E-state index in [0.29, 0.717) is 54.0 Å². The highest BCUT2D eigenvalue weighted by molar-refractivity contribution is 6.04. The number of nitrogen functional groups attached to an aromatic ring is 1. The van der Waals surface area contributed by atoms with Gasteiger partial charge in [0.15, 0.2) is 0 Å². The lowest BCUT2D eigenvalue weighted by Crippen LogP contribution is -2.43. The lowest BCUT2D eigenvalue weighted by Gasteiger charge is -2.34. The van der Waals surface area contributed by atoms with E-state index in [-0.39, 0.29) is 18.4 Å². The van der Waals surface area contributed by atoms with Gasteiger partial charge in [-0.15, -0.1) is 0 Å². The summed E-state index contributed by atoms with van der Waals surface area (Å²) in [5.41, 5.74) is 8.72. The number of rotatable bonds is 7. The van der Waals surface area contributed by atoms with Gasteiger partial charge >= 0.3 is 0 Å². The Morgan fingerprint density at radius 2 is 2.03 bits per heavy atom. The first-order chi connectivity index (χ1) is 18.6. The summed E-state index contributed by atoms with van der Waals surface area (Å²) in [6.45, 7) is 1.49. The fourth-order valence-electron chi connectivity index (χ4n) is 4.35. The van der Waals surface area contributed by atoms with Crippen LogP contribution < -0.4 is 11.1 Å². The second kappa shape index (κ2) is 11.2. The van der Waals surface area contributed by atoms with Gasteiger partial charge in [-0.1, -0.05) is 24.3 Å². The molecule has 3 aromatic heterocycles. The number of imidazole rings is 1. The van der Waals surface area contributed by atoms with Crippen molar-refractivity contribution >= 4 is 29.0 Å². The van der Waals surface area contributed by atoms with Crippen molar-refractivity contribution in [2.24, 2.45) is 0 Å². The van der Waals surface area contributed by atoms with Crippen molar-refractivity contribution in [3.05, 3.63) is 84.6 Å². The number of fused-ring (bicyclic) bond motifs is 1. The number of morpholine rings is 1. The van der Waals surface area contributed by atoms with Crippen molar-refractivity contribution in [1.82, 2.24) is 24.3 Å². The number of hydrogen-bond acceptors (Lipinski definition) is 8. The fourth-order valence-corrected chi connectivity index (χ4v) is 4.35. The molecule has 2 amide bonds. The number of nitrogens with zero attached hydrogens (tertiary/aromatic N) is 5. The number of hydrogen-bond donors (Lipinski definition) is 2. The second-order valence-corrected chi connectivity index (χ2v) is 8.58. The molecule has 1 fully saturated rings. The van der Waals surface area contributed by atoms with Gasteiger partial charge in [0.05, 0.1) is 19.8 Å². The van der Waals surface area contributed by atoms with Crippen molar-refractivity contribution < 1.29 is 19.1 Å². The monoisotopic (exact) mass is 513 g/mol. The van der Waals surface area contributed by atoms with Crippen molar-refractivity contribution in [2.75, 3.05) is 44.5 Å². The van der Waals surface area contributed by atoms with Crippen LogP contribution in [0.1, 0.15) is 22.2 Å². The van der Waals surface area contributed by atoms with Gasteiger partial charge in [-0.2, -0.15) is 0 Å². The van der Waals surface area contributed by atoms with Crippen LogP contribution in [-0.4, -0.2) is 69.5 Å². The molecule has 5 rings (SSSR count). The molecule has 1 aromatic carbocycles. The molecule has 0 bridgehead atoms. The summed E-state index contributed by atoms with van der Waals surface area (Å²) < 4.78 is 12.6. The molecule has 0 aliphatic carbocycles. The molecule has 0 spiro atoms. The van der Waals surface area contributed by atoms with Crippen molar-refractivity contribution in [1.29, 1.82) is 0 Å². The van der Waals surface area contributed by atoms with Crippen LogP contribution in [0.5, 0.6) is 0 Å². The summed E-state index contributed by atoms with van der Waals surface area (Å²) in [5.74, 6) is 0.943. The average Bonchev–Trinajstić information content (AvgIpc) is 3.34. The molecule has 194 valence electrons. The summed E-state index contributed by atoms with van der Waals surface area (Å²) >= 11 is 0. The van der Waals surface area contributed by atoms with Gasteiger partial charge in [0.2, 0.25) is 5.91 Å². The minimum absolute atomic E-state index is 0.154. The number of anilines is 2. The number of carbonyl (C=O) groups excluding carboxylic acids is 2. The highest BCUT2D eigenvalue weighted by Gasteiger charge is 2.32. The Balaban J connectivity index is 1.48. The van der Waals surface area contributed by atoms with Crippen LogP contribution in [0.25, 0.3) is 16.8 Å². The number of aromatic nitrogens is 4. The molecular weight excluding hydrogens is 486 g/mol. The number of carbonyl (C=O) groups is 2. The van der Waals surface area contributed by atoms with Crippen LogP contribution in [0.15, 0.2) is 73.2 Å². The lowest BCUT2D eigenvalue weighted by atomic mass is 10.1. The molecule has 1 saturated heterocycles. The predicted octanol–water partition coefficient (Wildman–Crippen LogP) is 2.73. The van der Waals surface area contributed by atoms with Crippen molar-refractivity contribution in [2.45, 2.75) is 6.04 Å². The second-order valence-electron chi connectivity index (χ2n) is 8.58. The molecule has 1 unspecified atom stereocenters. The molecule has 0 radical (unpaired) electrons. The number of benzene rings is 1. The van der Waals surface area contributed by atoms with Crippen molar-refractivity contribution in [3.8, 4) is 11.3 Å². The van der Waals surface area contributed by atoms with Gasteiger partial charge in [0.1, 0.15) is 34.7 Å². The van der Waals surface area contributed by atoms with Crippen LogP contribution in [0, 0.1) is 0 Å². The van der Waals surface area contributed by atoms with Gasteiger partial charge < -0.3 is 25.4 Å². The van der Waals surface area contributed by atoms with Gasteiger partial charge in [-0.25, -0.2) is 15.0 Å². The largest absolute Gasteiger partial charge is 0.382 e. The smallest absolute Gasteiger partial charge is 0.256 e. The average molecular weight is 514 g/mol. The van der Waals surface area contributed by atoms with E-state index in [1.807, 2.05) is 4.40 Å². The predicted molar refractivity (Wildman–Crippen MR) is 141 cm³/mol. The highest BCUT2D eigenvalue weighted by atomic mass is 16.5. The lowest BCUT2D eigenvalue weighted by molar-refractivity contribution is -0.135. The van der Waals surface area contributed by atoms with Gasteiger partial charge in [-0.05, 0) is 24.3 Å². The third kappa shape index (κ3) is 5.10. The quantitative estimate of drug-likeness (QED) is 0.360. The molecule has 0 saturated carbocycles. The maximum absolute atomic E-state index is 13.0. The van der Waals surface area contributed by atoms with E-state index in [1.54, 1.807) is 79.1 Å². The minimum Gasteiger partial charge on any atom is -0.382 e. The Hall–Kier alpha value is -4.61. The topological polar surface area (TPSA) is 137 Å². The van der Waals surface area contributed by atoms with Crippen LogP contribution >= 0.6 is 0 Å². The van der Waals surface area contributed by atoms with Gasteiger partial charge in [-0.3, -0.25) is 14.0 Å². The first-order valence-corrected chi connectivity index (χ1v) is 12.1. The molecule has 4 heterocycles. The standard InChI is InChI=1S/C27H27N7O4/c1-37-15-4-6-22(35)33-14-16-38-17-20(33)26-32-23(24-25(28)30-12-13-34(24)26)18-7-9-19(10-8-18)27(36)31-21-5-2-3-11-29-21/h2-13,20H,14-17H2,1H3,(H2,28,30)(H,29,31,36)/b6-4+. The van der Waals surface area contributed by atoms with Crippen LogP contribution in [0.2, 0.25) is 0 Å². The summed E-state index contributed by atoms with van der Waals surface area (Å²) in [4.78, 5) is 40.7. The van der Waals surface area contributed by atoms with E-state index in [9.17, 15) is 9.59 Å². The Labute approximate surface area is 218 Å². The van der Waals surface area contributed by atoms with Crippen molar-refractivity contribution in [3.63, 3.8) is 0 Å². The SMILES string of the molecule is COC/C=C/C(=O)N1CCOCC1c1nc(-c2ccc(C(=O)Nc3ccccn3)cc2)c2c(N)nccn12. The molecule has 1 atom stereocenters. The number of pyridine rings is 1. The summed E-state index contributed by atoms with van der Waals surface area (Å²) in [6, 6.07) is 11.9. The first-order valence-electron chi connectivity index (χ1n) is 12.1. The van der Waals surface area contributed by atoms with Gasteiger partial charge in [0, 0.05) is 49.4 Å². The zero-order valence-corrected chi connectivity index (χ0v) is 20.8. The number of methoxy groups -OCH3 is 1. The molecule has 38 heavy (non-hydrogen) atoms. The summed E-state index contributed by atoms with van der Waals surface area (Å²) in [7, 11) is 1.57. The van der Waals surface area contributed by atoms with E-state index in [0.717, 1.165) is 5.56 Å². The number of nitrogens with two attached hydrogens (primary N) is 1. The third-order valence-corrected chi connectivity index (χ3v) is 6.17. The van der Waals surface area contributed by atoms with Gasteiger partial charge in [0.25, 0.3) is 5.91 Å². The summed E-state index contributed by atoms with van der Waals surface area (Å²) in [6.07, 6.45) is 8.15. The number of amides is 2. The fraction of sp³-hybridized carbons (Fsp3) is 0.222. The molecule has 11 nitrogen and oxygen atoms in total. The van der Waals surface area contributed by atoms with E-state index < -0.39 is 6.04 Å². The summed E-state index contributed by atoms with van der Waals surface area (Å²) in [5, 5.41) is 2.77. The molecule has 3 N–H and O–H groups in total. The molecular formula is C27H27N7O4. The molecule has 11 heteroatoms. The Morgan fingerprint density at radius 3 is 2.79 bits per heavy atom. The Kier molecular flexibility index (Phi) is 7.38. The van der Waals surface area contributed by atoms with E-state index in [2.05, 4.69) is 15.3 Å². The number of ether oxygens (including phenoxy) is 2. The highest BCUT2D eigenvalue weighted by Crippen LogP contribution is 2.33. The zero-order valence-electron chi connectivity index (χ0n) is 20.8. The first kappa shape index (κ1) is 25.1.